The molecule has 2 saturated heterocycles. The summed E-state index contributed by atoms with van der Waals surface area (Å²) in [7, 11) is 0. The molecule has 0 unspecified atom stereocenters. The first-order valence-corrected chi connectivity index (χ1v) is 8.89. The zero-order chi connectivity index (χ0) is 17.3. The fourth-order valence-corrected chi connectivity index (χ4v) is 3.74. The average molecular weight is 333 g/mol. The van der Waals surface area contributed by atoms with Crippen molar-refractivity contribution in [3.63, 3.8) is 0 Å². The number of nitrogens with one attached hydrogen (secondary N) is 1. The van der Waals surface area contributed by atoms with Crippen molar-refractivity contribution in [3.05, 3.63) is 24.2 Å². The van der Waals surface area contributed by atoms with Crippen LogP contribution >= 0.6 is 0 Å². The third-order valence-corrected chi connectivity index (χ3v) is 5.44. The lowest BCUT2D eigenvalue weighted by Crippen LogP contribution is -2.60. The summed E-state index contributed by atoms with van der Waals surface area (Å²) < 4.78 is 5.22. The highest BCUT2D eigenvalue weighted by Gasteiger charge is 2.50. The molecule has 0 bridgehead atoms. The number of piperidine rings is 1. The molecule has 1 spiro atoms. The van der Waals surface area contributed by atoms with Gasteiger partial charge in [-0.05, 0) is 25.0 Å². The first kappa shape index (κ1) is 17.0. The van der Waals surface area contributed by atoms with E-state index in [1.807, 2.05) is 16.7 Å². The summed E-state index contributed by atoms with van der Waals surface area (Å²) in [5, 5.41) is 3.51. The van der Waals surface area contributed by atoms with Crippen molar-refractivity contribution in [1.29, 1.82) is 0 Å². The quantitative estimate of drug-likeness (QED) is 0.916. The van der Waals surface area contributed by atoms with Gasteiger partial charge in [-0.1, -0.05) is 20.3 Å². The minimum absolute atomic E-state index is 0.0688. The number of furan rings is 1. The van der Waals surface area contributed by atoms with Crippen molar-refractivity contribution < 1.29 is 14.0 Å². The Hall–Kier alpha value is -1.82. The van der Waals surface area contributed by atoms with Crippen molar-refractivity contribution in [2.24, 2.45) is 5.92 Å². The number of carbonyl (C=O) groups excluding carboxylic acids is 2. The van der Waals surface area contributed by atoms with Crippen molar-refractivity contribution >= 4 is 11.8 Å². The standard InChI is InChI=1S/C18H27N3O3/c1-4-13(2)12-21-16(22)14(3)19-18(21)7-9-20(10-8-18)17(23)15-6-5-11-24-15/h5-6,11,13-14,19H,4,7-10,12H2,1-3H3/t13-,14+/m0/s1. The van der Waals surface area contributed by atoms with Crippen molar-refractivity contribution in [3.8, 4) is 0 Å². The Labute approximate surface area is 143 Å². The van der Waals surface area contributed by atoms with Crippen LogP contribution in [-0.2, 0) is 4.79 Å². The number of nitrogens with zero attached hydrogens (tertiary/aromatic N) is 2. The van der Waals surface area contributed by atoms with E-state index in [2.05, 4.69) is 19.2 Å². The molecule has 3 heterocycles. The van der Waals surface area contributed by atoms with Crippen LogP contribution in [0.5, 0.6) is 0 Å². The van der Waals surface area contributed by atoms with Gasteiger partial charge in [-0.3, -0.25) is 14.9 Å². The molecule has 1 aromatic rings. The second-order valence-electron chi connectivity index (χ2n) is 7.13. The first-order chi connectivity index (χ1) is 11.5. The summed E-state index contributed by atoms with van der Waals surface area (Å²) >= 11 is 0. The SMILES string of the molecule is CC[C@H](C)CN1C(=O)[C@@H](C)NC12CCN(C(=O)c1ccco1)CC2. The molecule has 132 valence electrons. The molecule has 3 rings (SSSR count). The van der Waals surface area contributed by atoms with Crippen LogP contribution in [0.1, 0.15) is 50.6 Å². The van der Waals surface area contributed by atoms with Crippen molar-refractivity contribution in [1.82, 2.24) is 15.1 Å². The molecule has 0 radical (unpaired) electrons. The van der Waals surface area contributed by atoms with Gasteiger partial charge >= 0.3 is 0 Å². The highest BCUT2D eigenvalue weighted by Crippen LogP contribution is 2.33. The Morgan fingerprint density at radius 2 is 2.17 bits per heavy atom. The zero-order valence-electron chi connectivity index (χ0n) is 14.7. The third-order valence-electron chi connectivity index (χ3n) is 5.44. The summed E-state index contributed by atoms with van der Waals surface area (Å²) in [6, 6.07) is 3.27. The molecular formula is C18H27N3O3. The van der Waals surface area contributed by atoms with E-state index >= 15 is 0 Å². The van der Waals surface area contributed by atoms with Gasteiger partial charge in [-0.15, -0.1) is 0 Å². The Balaban J connectivity index is 1.70. The molecule has 1 aromatic heterocycles. The van der Waals surface area contributed by atoms with Gasteiger partial charge in [0.2, 0.25) is 5.91 Å². The van der Waals surface area contributed by atoms with E-state index < -0.39 is 0 Å². The van der Waals surface area contributed by atoms with Crippen LogP contribution in [0.4, 0.5) is 0 Å². The molecule has 0 saturated carbocycles. The molecule has 1 N–H and O–H groups in total. The molecular weight excluding hydrogens is 306 g/mol. The van der Waals surface area contributed by atoms with Crippen LogP contribution < -0.4 is 5.32 Å². The predicted molar refractivity (Wildman–Crippen MR) is 90.3 cm³/mol. The van der Waals surface area contributed by atoms with Crippen molar-refractivity contribution in [2.45, 2.75) is 51.7 Å². The lowest BCUT2D eigenvalue weighted by Gasteiger charge is -2.45. The number of hydrogen-bond acceptors (Lipinski definition) is 4. The normalized spacial score (nSPS) is 24.6. The smallest absolute Gasteiger partial charge is 0.289 e. The predicted octanol–water partition coefficient (Wildman–Crippen LogP) is 2.08. The maximum atomic E-state index is 12.6. The molecule has 0 aromatic carbocycles. The minimum atomic E-state index is -0.306. The Morgan fingerprint density at radius 3 is 2.75 bits per heavy atom. The number of carbonyl (C=O) groups is 2. The van der Waals surface area contributed by atoms with Crippen molar-refractivity contribution in [2.75, 3.05) is 19.6 Å². The number of amides is 2. The molecule has 2 amide bonds. The maximum absolute atomic E-state index is 12.6. The van der Waals surface area contributed by atoms with Crippen LogP contribution in [0.15, 0.2) is 22.8 Å². The molecule has 0 aliphatic carbocycles. The Kier molecular flexibility index (Phi) is 4.67. The van der Waals surface area contributed by atoms with Gasteiger partial charge in [0.1, 0.15) is 0 Å². The fraction of sp³-hybridized carbons (Fsp3) is 0.667. The molecule has 24 heavy (non-hydrogen) atoms. The van der Waals surface area contributed by atoms with Gasteiger partial charge in [0.25, 0.3) is 5.91 Å². The summed E-state index contributed by atoms with van der Waals surface area (Å²) in [5.74, 6) is 0.966. The lowest BCUT2D eigenvalue weighted by atomic mass is 9.94. The van der Waals surface area contributed by atoms with E-state index in [4.69, 9.17) is 4.42 Å². The van der Waals surface area contributed by atoms with Crippen LogP contribution in [0.3, 0.4) is 0 Å². The summed E-state index contributed by atoms with van der Waals surface area (Å²) in [5.41, 5.74) is -0.306. The number of hydrogen-bond donors (Lipinski definition) is 1. The van der Waals surface area contributed by atoms with E-state index in [-0.39, 0.29) is 23.5 Å². The first-order valence-electron chi connectivity index (χ1n) is 8.89. The van der Waals surface area contributed by atoms with Crippen LogP contribution in [0.25, 0.3) is 0 Å². The second kappa shape index (κ2) is 6.59. The maximum Gasteiger partial charge on any atom is 0.289 e. The van der Waals surface area contributed by atoms with Gasteiger partial charge in [0.15, 0.2) is 5.76 Å². The van der Waals surface area contributed by atoms with Gasteiger partial charge in [-0.25, -0.2) is 0 Å². The van der Waals surface area contributed by atoms with Gasteiger partial charge < -0.3 is 14.2 Å². The van der Waals surface area contributed by atoms with E-state index in [1.165, 1.54) is 6.26 Å². The van der Waals surface area contributed by atoms with E-state index in [9.17, 15) is 9.59 Å². The number of likely N-dealkylation sites (tertiary alicyclic amines) is 1. The number of rotatable bonds is 4. The van der Waals surface area contributed by atoms with Crippen LogP contribution in [-0.4, -0.2) is 53.0 Å². The zero-order valence-corrected chi connectivity index (χ0v) is 14.7. The van der Waals surface area contributed by atoms with E-state index in [1.54, 1.807) is 12.1 Å². The monoisotopic (exact) mass is 333 g/mol. The Morgan fingerprint density at radius 1 is 1.46 bits per heavy atom. The van der Waals surface area contributed by atoms with Crippen LogP contribution in [0.2, 0.25) is 0 Å². The molecule has 2 atom stereocenters. The topological polar surface area (TPSA) is 65.8 Å². The third kappa shape index (κ3) is 2.95. The second-order valence-corrected chi connectivity index (χ2v) is 7.13. The Bertz CT molecular complexity index is 591. The largest absolute Gasteiger partial charge is 0.459 e. The highest BCUT2D eigenvalue weighted by molar-refractivity contribution is 5.91. The molecule has 2 aliphatic heterocycles. The van der Waals surface area contributed by atoms with Gasteiger partial charge in [0.05, 0.1) is 18.0 Å². The van der Waals surface area contributed by atoms with E-state index in [0.717, 1.165) is 25.8 Å². The summed E-state index contributed by atoms with van der Waals surface area (Å²) in [4.78, 5) is 28.9. The molecule has 2 fully saturated rings. The summed E-state index contributed by atoms with van der Waals surface area (Å²) in [6.07, 6.45) is 4.08. The van der Waals surface area contributed by atoms with Gasteiger partial charge in [-0.2, -0.15) is 0 Å². The lowest BCUT2D eigenvalue weighted by molar-refractivity contribution is -0.133. The molecule has 6 heteroatoms. The van der Waals surface area contributed by atoms with Crippen LogP contribution in [0, 0.1) is 5.92 Å². The van der Waals surface area contributed by atoms with Gasteiger partial charge in [0, 0.05) is 32.5 Å². The average Bonchev–Trinajstić information content (AvgIpc) is 3.19. The highest BCUT2D eigenvalue weighted by atomic mass is 16.3. The van der Waals surface area contributed by atoms with E-state index in [0.29, 0.717) is 24.8 Å². The minimum Gasteiger partial charge on any atom is -0.459 e. The fourth-order valence-electron chi connectivity index (χ4n) is 3.74. The molecule has 6 nitrogen and oxygen atoms in total. The summed E-state index contributed by atoms with van der Waals surface area (Å²) in [6.45, 7) is 8.30. The molecule has 2 aliphatic rings.